The van der Waals surface area contributed by atoms with Crippen LogP contribution in [0.1, 0.15) is 23.2 Å². The van der Waals surface area contributed by atoms with Crippen molar-refractivity contribution in [2.24, 2.45) is 0 Å². The molecule has 3 amide bonds. The standard InChI is InChI=1S/C20H16F3N3O4/c1-25-17(28)14-4-2-3-5-15(14)26-16(27)10-11-19(25,26)18(29)24-12-6-8-13(9-7-12)30-20(21,22)23/h2-9H,10-11H2,1H3,(H,24,29)/t19-/m0/s1. The van der Waals surface area contributed by atoms with E-state index >= 15 is 0 Å². The average molecular weight is 419 g/mol. The normalized spacial score (nSPS) is 20.7. The molecule has 0 saturated carbocycles. The van der Waals surface area contributed by atoms with Crippen LogP contribution in [0.2, 0.25) is 0 Å². The van der Waals surface area contributed by atoms with E-state index in [4.69, 9.17) is 0 Å². The quantitative estimate of drug-likeness (QED) is 0.829. The fourth-order valence-corrected chi connectivity index (χ4v) is 3.90. The van der Waals surface area contributed by atoms with E-state index in [0.29, 0.717) is 11.3 Å². The Balaban J connectivity index is 1.66. The molecule has 30 heavy (non-hydrogen) atoms. The minimum atomic E-state index is -4.83. The van der Waals surface area contributed by atoms with E-state index in [-0.39, 0.29) is 24.4 Å². The van der Waals surface area contributed by atoms with Crippen LogP contribution in [0.3, 0.4) is 0 Å². The second-order valence-corrected chi connectivity index (χ2v) is 6.95. The molecule has 2 aromatic rings. The first kappa shape index (κ1) is 19.7. The van der Waals surface area contributed by atoms with Crippen LogP contribution in [0.4, 0.5) is 24.5 Å². The minimum absolute atomic E-state index is 0.0672. The van der Waals surface area contributed by atoms with Gasteiger partial charge in [0.25, 0.3) is 11.8 Å². The van der Waals surface area contributed by atoms with Crippen LogP contribution >= 0.6 is 0 Å². The van der Waals surface area contributed by atoms with Gasteiger partial charge < -0.3 is 15.0 Å². The predicted octanol–water partition coefficient (Wildman–Crippen LogP) is 3.13. The first-order valence-corrected chi connectivity index (χ1v) is 9.01. The van der Waals surface area contributed by atoms with Gasteiger partial charge >= 0.3 is 6.36 Å². The van der Waals surface area contributed by atoms with Crippen LogP contribution in [-0.4, -0.2) is 41.7 Å². The van der Waals surface area contributed by atoms with Crippen LogP contribution in [0.25, 0.3) is 0 Å². The summed E-state index contributed by atoms with van der Waals surface area (Å²) in [6.45, 7) is 0. The summed E-state index contributed by atoms with van der Waals surface area (Å²) in [6, 6.07) is 11.1. The molecule has 0 aliphatic carbocycles. The number of nitrogens with zero attached hydrogens (tertiary/aromatic N) is 2. The molecule has 2 aromatic carbocycles. The molecule has 10 heteroatoms. The van der Waals surface area contributed by atoms with Crippen molar-refractivity contribution in [1.29, 1.82) is 0 Å². The maximum absolute atomic E-state index is 13.3. The molecule has 0 spiro atoms. The molecule has 2 heterocycles. The molecule has 0 radical (unpaired) electrons. The van der Waals surface area contributed by atoms with E-state index in [9.17, 15) is 27.6 Å². The Labute approximate surface area is 169 Å². The Morgan fingerprint density at radius 3 is 2.43 bits per heavy atom. The lowest BCUT2D eigenvalue weighted by atomic mass is 9.96. The molecule has 2 aliphatic rings. The number of hydrogen-bond donors (Lipinski definition) is 1. The highest BCUT2D eigenvalue weighted by Gasteiger charge is 2.59. The van der Waals surface area contributed by atoms with Crippen molar-refractivity contribution in [1.82, 2.24) is 4.90 Å². The van der Waals surface area contributed by atoms with Crippen molar-refractivity contribution in [3.8, 4) is 5.75 Å². The lowest BCUT2D eigenvalue weighted by molar-refractivity contribution is -0.274. The zero-order valence-corrected chi connectivity index (χ0v) is 15.7. The van der Waals surface area contributed by atoms with Gasteiger partial charge in [0.1, 0.15) is 5.75 Å². The van der Waals surface area contributed by atoms with Gasteiger partial charge in [-0.1, -0.05) is 12.1 Å². The maximum atomic E-state index is 13.3. The Hall–Kier alpha value is -3.56. The highest BCUT2D eigenvalue weighted by atomic mass is 19.4. The first-order chi connectivity index (χ1) is 14.1. The molecule has 1 fully saturated rings. The molecule has 0 aromatic heterocycles. The number of ether oxygens (including phenoxy) is 1. The van der Waals surface area contributed by atoms with Crippen LogP contribution in [-0.2, 0) is 9.59 Å². The highest BCUT2D eigenvalue weighted by molar-refractivity contribution is 6.18. The Morgan fingerprint density at radius 2 is 1.77 bits per heavy atom. The molecule has 0 bridgehead atoms. The van der Waals surface area contributed by atoms with Crippen molar-refractivity contribution >= 4 is 29.1 Å². The smallest absolute Gasteiger partial charge is 0.406 e. The van der Waals surface area contributed by atoms with Crippen LogP contribution < -0.4 is 15.0 Å². The number of carbonyl (C=O) groups is 3. The Kier molecular flexibility index (Phi) is 4.44. The zero-order chi connectivity index (χ0) is 21.7. The van der Waals surface area contributed by atoms with Gasteiger partial charge in [0.15, 0.2) is 0 Å². The Bertz CT molecular complexity index is 1040. The average Bonchev–Trinajstić information content (AvgIpc) is 3.05. The molecule has 156 valence electrons. The third kappa shape index (κ3) is 3.04. The number of hydrogen-bond acceptors (Lipinski definition) is 4. The number of nitrogens with one attached hydrogen (secondary N) is 1. The van der Waals surface area contributed by atoms with Crippen molar-refractivity contribution in [2.75, 3.05) is 17.3 Å². The molecule has 7 nitrogen and oxygen atoms in total. The van der Waals surface area contributed by atoms with Gasteiger partial charge in [-0.2, -0.15) is 0 Å². The molecule has 2 aliphatic heterocycles. The van der Waals surface area contributed by atoms with Gasteiger partial charge in [0.05, 0.1) is 11.3 Å². The summed E-state index contributed by atoms with van der Waals surface area (Å²) in [5, 5.41) is 2.60. The predicted molar refractivity (Wildman–Crippen MR) is 99.7 cm³/mol. The molecular weight excluding hydrogens is 403 g/mol. The first-order valence-electron chi connectivity index (χ1n) is 9.01. The van der Waals surface area contributed by atoms with Crippen LogP contribution in [0, 0.1) is 0 Å². The van der Waals surface area contributed by atoms with E-state index < -0.39 is 29.6 Å². The Morgan fingerprint density at radius 1 is 1.10 bits per heavy atom. The summed E-state index contributed by atoms with van der Waals surface area (Å²) in [5.41, 5.74) is -0.702. The fourth-order valence-electron chi connectivity index (χ4n) is 3.90. The van der Waals surface area contributed by atoms with Crippen LogP contribution in [0.15, 0.2) is 48.5 Å². The SMILES string of the molecule is CN1C(=O)c2ccccc2N2C(=O)CC[C@]12C(=O)Nc1ccc(OC(F)(F)F)cc1. The third-order valence-corrected chi connectivity index (χ3v) is 5.25. The number of carbonyl (C=O) groups excluding carboxylic acids is 3. The number of amides is 3. The summed E-state index contributed by atoms with van der Waals surface area (Å²) in [4.78, 5) is 41.4. The van der Waals surface area contributed by atoms with E-state index in [0.717, 1.165) is 12.1 Å². The van der Waals surface area contributed by atoms with Gasteiger partial charge in [0, 0.05) is 25.6 Å². The zero-order valence-electron chi connectivity index (χ0n) is 15.7. The third-order valence-electron chi connectivity index (χ3n) is 5.25. The summed E-state index contributed by atoms with van der Waals surface area (Å²) in [6.07, 6.45) is -4.67. The van der Waals surface area contributed by atoms with Gasteiger partial charge in [0.2, 0.25) is 11.6 Å². The maximum Gasteiger partial charge on any atom is 0.573 e. The molecule has 4 rings (SSSR count). The molecule has 0 unspecified atom stereocenters. The van der Waals surface area contributed by atoms with Crippen molar-refractivity contribution in [2.45, 2.75) is 24.9 Å². The number of benzene rings is 2. The number of para-hydroxylation sites is 1. The van der Waals surface area contributed by atoms with Crippen molar-refractivity contribution in [3.05, 3.63) is 54.1 Å². The lowest BCUT2D eigenvalue weighted by Crippen LogP contribution is -2.68. The fraction of sp³-hybridized carbons (Fsp3) is 0.250. The topological polar surface area (TPSA) is 79.0 Å². The van der Waals surface area contributed by atoms with Gasteiger partial charge in [-0.05, 0) is 36.4 Å². The molecular formula is C20H16F3N3O4. The van der Waals surface area contributed by atoms with E-state index in [1.54, 1.807) is 24.3 Å². The number of alkyl halides is 3. The summed E-state index contributed by atoms with van der Waals surface area (Å²) in [5.74, 6) is -1.77. The van der Waals surface area contributed by atoms with Crippen molar-refractivity contribution in [3.63, 3.8) is 0 Å². The summed E-state index contributed by atoms with van der Waals surface area (Å²) in [7, 11) is 1.45. The molecule has 1 atom stereocenters. The number of halogens is 3. The van der Waals surface area contributed by atoms with Gasteiger partial charge in [-0.25, -0.2) is 0 Å². The number of anilines is 2. The van der Waals surface area contributed by atoms with E-state index in [1.165, 1.54) is 29.0 Å². The highest BCUT2D eigenvalue weighted by Crippen LogP contribution is 2.44. The van der Waals surface area contributed by atoms with Crippen LogP contribution in [0.5, 0.6) is 5.75 Å². The lowest BCUT2D eigenvalue weighted by Gasteiger charge is -2.47. The number of fused-ring (bicyclic) bond motifs is 3. The van der Waals surface area contributed by atoms with E-state index in [1.807, 2.05) is 0 Å². The van der Waals surface area contributed by atoms with Gasteiger partial charge in [-0.15, -0.1) is 13.2 Å². The summed E-state index contributed by atoms with van der Waals surface area (Å²) >= 11 is 0. The largest absolute Gasteiger partial charge is 0.573 e. The van der Waals surface area contributed by atoms with Gasteiger partial charge in [-0.3, -0.25) is 19.3 Å². The molecule has 1 N–H and O–H groups in total. The van der Waals surface area contributed by atoms with Crippen molar-refractivity contribution < 1.29 is 32.3 Å². The number of likely N-dealkylation sites (N-methyl/N-ethyl adjacent to an activating group) is 1. The monoisotopic (exact) mass is 419 g/mol. The molecule has 1 saturated heterocycles. The summed E-state index contributed by atoms with van der Waals surface area (Å²) < 4.78 is 40.7. The second kappa shape index (κ2) is 6.75. The second-order valence-electron chi connectivity index (χ2n) is 6.95. The van der Waals surface area contributed by atoms with E-state index in [2.05, 4.69) is 10.1 Å². The number of rotatable bonds is 3. The minimum Gasteiger partial charge on any atom is -0.406 e.